The van der Waals surface area contributed by atoms with E-state index < -0.39 is 0 Å². The van der Waals surface area contributed by atoms with Gasteiger partial charge in [0.05, 0.1) is 6.10 Å². The predicted octanol–water partition coefficient (Wildman–Crippen LogP) is 2.34. The fourth-order valence-electron chi connectivity index (χ4n) is 1.40. The van der Waals surface area contributed by atoms with Gasteiger partial charge in [-0.25, -0.2) is 9.97 Å². The topological polar surface area (TPSA) is 85.7 Å². The van der Waals surface area contributed by atoms with Crippen LogP contribution in [0.3, 0.4) is 0 Å². The van der Waals surface area contributed by atoms with Crippen molar-refractivity contribution >= 4 is 17.7 Å². The number of ether oxygens (including phenoxy) is 1. The zero-order chi connectivity index (χ0) is 15.2. The van der Waals surface area contributed by atoms with E-state index >= 15 is 0 Å². The van der Waals surface area contributed by atoms with Crippen molar-refractivity contribution in [1.29, 1.82) is 0 Å². The molecule has 0 unspecified atom stereocenters. The molecule has 7 nitrogen and oxygen atoms in total. The molecule has 2 rings (SSSR count). The van der Waals surface area contributed by atoms with Crippen molar-refractivity contribution in [1.82, 2.24) is 24.9 Å². The van der Waals surface area contributed by atoms with Crippen molar-refractivity contribution in [2.75, 3.05) is 11.9 Å². The molecule has 0 radical (unpaired) electrons. The Hall–Kier alpha value is -1.96. The lowest BCUT2D eigenvalue weighted by molar-refractivity contribution is 0.219. The lowest BCUT2D eigenvalue weighted by Crippen LogP contribution is -2.12. The van der Waals surface area contributed by atoms with Crippen LogP contribution >= 0.6 is 11.8 Å². The summed E-state index contributed by atoms with van der Waals surface area (Å²) in [6.07, 6.45) is 3.51. The van der Waals surface area contributed by atoms with Gasteiger partial charge < -0.3 is 10.1 Å². The minimum Gasteiger partial charge on any atom is -0.461 e. The van der Waals surface area contributed by atoms with Gasteiger partial charge in [-0.15, -0.1) is 0 Å². The molecule has 1 N–H and O–H groups in total. The molecule has 21 heavy (non-hydrogen) atoms. The average Bonchev–Trinajstić information content (AvgIpc) is 2.41. The van der Waals surface area contributed by atoms with E-state index in [4.69, 9.17) is 4.74 Å². The molecule has 2 aromatic heterocycles. The normalized spacial score (nSPS) is 10.7. The second kappa shape index (κ2) is 7.16. The first-order valence-electron chi connectivity index (χ1n) is 6.70. The van der Waals surface area contributed by atoms with Crippen molar-refractivity contribution in [3.05, 3.63) is 18.0 Å². The van der Waals surface area contributed by atoms with Gasteiger partial charge in [0.1, 0.15) is 0 Å². The van der Waals surface area contributed by atoms with Crippen LogP contribution in [0.1, 0.15) is 26.3 Å². The quantitative estimate of drug-likeness (QED) is 0.814. The molecular formula is C13H18N6OS. The summed E-state index contributed by atoms with van der Waals surface area (Å²) in [5.41, 5.74) is 1.01. The van der Waals surface area contributed by atoms with Gasteiger partial charge in [-0.05, 0) is 45.0 Å². The molecule has 2 heterocycles. The number of anilines is 1. The van der Waals surface area contributed by atoms with Gasteiger partial charge >= 0.3 is 6.01 Å². The Kier molecular flexibility index (Phi) is 5.26. The molecule has 0 aromatic carbocycles. The van der Waals surface area contributed by atoms with Gasteiger partial charge in [0, 0.05) is 18.9 Å². The van der Waals surface area contributed by atoms with Gasteiger partial charge in [0.15, 0.2) is 5.16 Å². The summed E-state index contributed by atoms with van der Waals surface area (Å²) in [4.78, 5) is 21.3. The Balaban J connectivity index is 2.24. The van der Waals surface area contributed by atoms with E-state index in [1.807, 2.05) is 27.7 Å². The molecule has 0 aliphatic heterocycles. The van der Waals surface area contributed by atoms with E-state index in [1.54, 1.807) is 12.4 Å². The minimum absolute atomic E-state index is 0.00430. The van der Waals surface area contributed by atoms with Crippen LogP contribution in [0, 0.1) is 6.92 Å². The third kappa shape index (κ3) is 4.82. The lowest BCUT2D eigenvalue weighted by atomic mass is 10.4. The molecule has 0 spiro atoms. The first-order chi connectivity index (χ1) is 10.1. The highest BCUT2D eigenvalue weighted by molar-refractivity contribution is 7.99. The number of aromatic nitrogens is 5. The van der Waals surface area contributed by atoms with Gasteiger partial charge in [-0.2, -0.15) is 15.0 Å². The monoisotopic (exact) mass is 306 g/mol. The molecule has 8 heteroatoms. The molecule has 0 fully saturated rings. The summed E-state index contributed by atoms with van der Waals surface area (Å²) < 4.78 is 5.54. The van der Waals surface area contributed by atoms with Crippen LogP contribution in [0.15, 0.2) is 22.7 Å². The van der Waals surface area contributed by atoms with E-state index in [9.17, 15) is 0 Å². The van der Waals surface area contributed by atoms with Crippen molar-refractivity contribution in [3.63, 3.8) is 0 Å². The Morgan fingerprint density at radius 3 is 2.48 bits per heavy atom. The third-order valence-electron chi connectivity index (χ3n) is 2.21. The highest BCUT2D eigenvalue weighted by Gasteiger charge is 2.11. The fraction of sp³-hybridized carbons (Fsp3) is 0.462. The van der Waals surface area contributed by atoms with Crippen LogP contribution in [-0.2, 0) is 0 Å². The highest BCUT2D eigenvalue weighted by Crippen LogP contribution is 2.23. The van der Waals surface area contributed by atoms with E-state index in [0.717, 1.165) is 12.1 Å². The number of nitrogens with one attached hydrogen (secondary N) is 1. The Bertz CT molecular complexity index is 590. The molecule has 0 saturated heterocycles. The molecule has 0 amide bonds. The van der Waals surface area contributed by atoms with Gasteiger partial charge in [0.25, 0.3) is 0 Å². The Morgan fingerprint density at radius 2 is 1.86 bits per heavy atom. The molecule has 0 aliphatic rings. The maximum atomic E-state index is 5.54. The molecule has 0 atom stereocenters. The van der Waals surface area contributed by atoms with Crippen LogP contribution in [0.2, 0.25) is 0 Å². The standard InChI is InChI=1S/C13H18N6OS/c1-5-14-10-17-11(20-8(2)3)19-13(18-10)21-12-15-6-9(4)7-16-12/h6-8H,5H2,1-4H3,(H,14,17,18,19). The fourth-order valence-corrected chi connectivity index (χ4v) is 2.03. The van der Waals surface area contributed by atoms with Crippen LogP contribution in [0.5, 0.6) is 6.01 Å². The maximum Gasteiger partial charge on any atom is 0.322 e. The van der Waals surface area contributed by atoms with Crippen molar-refractivity contribution in [2.24, 2.45) is 0 Å². The van der Waals surface area contributed by atoms with Crippen LogP contribution in [-0.4, -0.2) is 37.6 Å². The highest BCUT2D eigenvalue weighted by atomic mass is 32.2. The second-order valence-corrected chi connectivity index (χ2v) is 5.50. The SMILES string of the molecule is CCNc1nc(OC(C)C)nc(Sc2ncc(C)cn2)n1. The zero-order valence-corrected chi connectivity index (χ0v) is 13.3. The van der Waals surface area contributed by atoms with E-state index in [2.05, 4.69) is 30.2 Å². The summed E-state index contributed by atoms with van der Waals surface area (Å²) in [7, 11) is 0. The number of aryl methyl sites for hydroxylation is 1. The maximum absolute atomic E-state index is 5.54. The van der Waals surface area contributed by atoms with Crippen molar-refractivity contribution < 1.29 is 4.74 Å². The second-order valence-electron chi connectivity index (χ2n) is 4.57. The van der Waals surface area contributed by atoms with E-state index in [0.29, 0.717) is 22.3 Å². The molecule has 112 valence electrons. The molecule has 0 bridgehead atoms. The third-order valence-corrected chi connectivity index (χ3v) is 2.97. The summed E-state index contributed by atoms with van der Waals surface area (Å²) in [5.74, 6) is 0.484. The first-order valence-corrected chi connectivity index (χ1v) is 7.51. The number of rotatable bonds is 6. The Labute approximate surface area is 128 Å². The van der Waals surface area contributed by atoms with Gasteiger partial charge in [0.2, 0.25) is 11.1 Å². The largest absolute Gasteiger partial charge is 0.461 e. The smallest absolute Gasteiger partial charge is 0.322 e. The predicted molar refractivity (Wildman–Crippen MR) is 80.6 cm³/mol. The first kappa shape index (κ1) is 15.4. The van der Waals surface area contributed by atoms with Crippen LogP contribution in [0.4, 0.5) is 5.95 Å². The number of nitrogens with zero attached hydrogens (tertiary/aromatic N) is 5. The van der Waals surface area contributed by atoms with E-state index in [-0.39, 0.29) is 6.10 Å². The summed E-state index contributed by atoms with van der Waals surface area (Å²) >= 11 is 1.27. The Morgan fingerprint density at radius 1 is 1.14 bits per heavy atom. The number of hydrogen-bond donors (Lipinski definition) is 1. The van der Waals surface area contributed by atoms with Crippen LogP contribution in [0.25, 0.3) is 0 Å². The summed E-state index contributed by atoms with van der Waals surface area (Å²) in [6.45, 7) is 8.48. The average molecular weight is 306 g/mol. The van der Waals surface area contributed by atoms with Gasteiger partial charge in [-0.1, -0.05) is 0 Å². The summed E-state index contributed by atoms with van der Waals surface area (Å²) in [5, 5.41) is 4.15. The van der Waals surface area contributed by atoms with Crippen molar-refractivity contribution in [3.8, 4) is 6.01 Å². The number of hydrogen-bond acceptors (Lipinski definition) is 8. The molecular weight excluding hydrogens is 288 g/mol. The molecule has 2 aromatic rings. The van der Waals surface area contributed by atoms with E-state index in [1.165, 1.54) is 11.8 Å². The molecule has 0 saturated carbocycles. The lowest BCUT2D eigenvalue weighted by Gasteiger charge is -2.10. The van der Waals surface area contributed by atoms with Gasteiger partial charge in [-0.3, -0.25) is 0 Å². The van der Waals surface area contributed by atoms with Crippen LogP contribution < -0.4 is 10.1 Å². The minimum atomic E-state index is -0.00430. The molecule has 0 aliphatic carbocycles. The zero-order valence-electron chi connectivity index (χ0n) is 12.5. The summed E-state index contributed by atoms with van der Waals surface area (Å²) in [6, 6.07) is 0.297. The van der Waals surface area contributed by atoms with Crippen molar-refractivity contribution in [2.45, 2.75) is 44.1 Å².